The standard InChI is InChI=1S/C16H26ClN5O6P2/c1-2-18-15-14(19-7-11-5-6-26-8-11)20-16(17)21-22(15)13-4-3-12(28-13)9-27-30(25)10-29(23)24/h2,11-13,23-25H,1,3-10H2,(H,19,20,21). The van der Waals surface area contributed by atoms with E-state index in [1.54, 1.807) is 4.68 Å². The summed E-state index contributed by atoms with van der Waals surface area (Å²) in [5, 5.41) is 7.61. The molecule has 0 saturated carbocycles. The van der Waals surface area contributed by atoms with Gasteiger partial charge in [0.05, 0.1) is 25.2 Å². The van der Waals surface area contributed by atoms with Crippen LogP contribution in [0.5, 0.6) is 0 Å². The molecule has 3 rings (SSSR count). The van der Waals surface area contributed by atoms with Crippen LogP contribution < -0.4 is 10.8 Å². The summed E-state index contributed by atoms with van der Waals surface area (Å²) in [5.41, 5.74) is 0.454. The number of halogens is 1. The Morgan fingerprint density at radius 2 is 2.20 bits per heavy atom. The predicted octanol–water partition coefficient (Wildman–Crippen LogP) is 1.68. The topological polar surface area (TPSA) is 143 Å². The molecular weight excluding hydrogens is 456 g/mol. The molecule has 2 fully saturated rings. The molecule has 30 heavy (non-hydrogen) atoms. The molecule has 11 nitrogen and oxygen atoms in total. The highest BCUT2D eigenvalue weighted by atomic mass is 35.5. The van der Waals surface area contributed by atoms with Gasteiger partial charge in [-0.15, -0.1) is 5.10 Å². The van der Waals surface area contributed by atoms with Crippen molar-refractivity contribution in [1.29, 1.82) is 0 Å². The van der Waals surface area contributed by atoms with Gasteiger partial charge >= 0.3 is 0 Å². The van der Waals surface area contributed by atoms with Crippen LogP contribution in [0.25, 0.3) is 0 Å². The van der Waals surface area contributed by atoms with Crippen molar-refractivity contribution in [1.82, 2.24) is 14.8 Å². The molecule has 0 bridgehead atoms. The summed E-state index contributed by atoms with van der Waals surface area (Å²) < 4.78 is 18.3. The average Bonchev–Trinajstić information content (AvgIpc) is 3.37. The second-order valence-corrected chi connectivity index (χ2v) is 10.0. The van der Waals surface area contributed by atoms with Gasteiger partial charge in [-0.2, -0.15) is 4.98 Å². The Labute approximate surface area is 181 Å². The lowest BCUT2D eigenvalue weighted by Gasteiger charge is -2.19. The molecule has 0 amide bonds. The normalized spacial score (nSPS) is 25.8. The second-order valence-electron chi connectivity index (χ2n) is 6.87. The van der Waals surface area contributed by atoms with Gasteiger partial charge in [-0.05, 0) is 30.9 Å². The highest BCUT2D eigenvalue weighted by Gasteiger charge is 2.30. The second kappa shape index (κ2) is 11.8. The summed E-state index contributed by atoms with van der Waals surface area (Å²) in [6, 6.07) is 0. The van der Waals surface area contributed by atoms with E-state index in [1.807, 2.05) is 0 Å². The first-order valence-electron chi connectivity index (χ1n) is 9.49. The van der Waals surface area contributed by atoms with Gasteiger partial charge in [-0.25, -0.2) is 9.67 Å². The Morgan fingerprint density at radius 1 is 1.37 bits per heavy atom. The number of nitrogens with one attached hydrogen (secondary N) is 1. The van der Waals surface area contributed by atoms with Crippen LogP contribution in [-0.4, -0.2) is 67.8 Å². The van der Waals surface area contributed by atoms with Crippen molar-refractivity contribution in [3.05, 3.63) is 23.6 Å². The van der Waals surface area contributed by atoms with Gasteiger partial charge in [0.2, 0.25) is 5.28 Å². The molecular formula is C16H26ClN5O6P2. The van der Waals surface area contributed by atoms with Gasteiger partial charge in [0.1, 0.15) is 0 Å². The third kappa shape index (κ3) is 6.88. The summed E-state index contributed by atoms with van der Waals surface area (Å²) in [6.07, 6.45) is 2.98. The first kappa shape index (κ1) is 23.9. The van der Waals surface area contributed by atoms with Gasteiger partial charge in [0, 0.05) is 25.3 Å². The number of aromatic nitrogens is 3. The predicted molar refractivity (Wildman–Crippen MR) is 113 cm³/mol. The number of anilines is 1. The van der Waals surface area contributed by atoms with E-state index in [2.05, 4.69) is 27.0 Å². The molecule has 168 valence electrons. The maximum absolute atomic E-state index is 9.70. The van der Waals surface area contributed by atoms with E-state index in [4.69, 9.17) is 35.4 Å². The van der Waals surface area contributed by atoms with Gasteiger partial charge in [0.25, 0.3) is 0 Å². The Balaban J connectivity index is 1.68. The van der Waals surface area contributed by atoms with Crippen LogP contribution in [0.15, 0.2) is 17.8 Å². The maximum Gasteiger partial charge on any atom is 0.243 e. The molecule has 0 aliphatic carbocycles. The molecule has 4 N–H and O–H groups in total. The Morgan fingerprint density at radius 3 is 2.90 bits per heavy atom. The van der Waals surface area contributed by atoms with E-state index in [9.17, 15) is 4.89 Å². The molecule has 4 unspecified atom stereocenters. The van der Waals surface area contributed by atoms with Crippen LogP contribution in [0.2, 0.25) is 5.28 Å². The van der Waals surface area contributed by atoms with Crippen LogP contribution in [-0.2, 0) is 14.0 Å². The number of ether oxygens (including phenoxy) is 2. The van der Waals surface area contributed by atoms with E-state index in [-0.39, 0.29) is 23.9 Å². The highest BCUT2D eigenvalue weighted by molar-refractivity contribution is 7.63. The minimum absolute atomic E-state index is 0.0598. The summed E-state index contributed by atoms with van der Waals surface area (Å²) in [4.78, 5) is 36.2. The minimum atomic E-state index is -2.19. The van der Waals surface area contributed by atoms with Crippen LogP contribution >= 0.6 is 28.4 Å². The third-order valence-electron chi connectivity index (χ3n) is 4.63. The molecule has 0 aromatic carbocycles. The maximum atomic E-state index is 9.70. The van der Waals surface area contributed by atoms with Crippen molar-refractivity contribution >= 4 is 34.2 Å². The fraction of sp³-hybridized carbons (Fsp3) is 0.688. The fourth-order valence-corrected chi connectivity index (χ4v) is 4.92. The zero-order valence-electron chi connectivity index (χ0n) is 16.3. The van der Waals surface area contributed by atoms with E-state index in [1.165, 1.54) is 6.20 Å². The quantitative estimate of drug-likeness (QED) is 0.367. The largest absolute Gasteiger partial charge is 0.381 e. The van der Waals surface area contributed by atoms with E-state index in [0.29, 0.717) is 43.2 Å². The van der Waals surface area contributed by atoms with Crippen molar-refractivity contribution in [2.45, 2.75) is 31.6 Å². The monoisotopic (exact) mass is 481 g/mol. The Hall–Kier alpha value is -0.740. The molecule has 2 aliphatic rings. The molecule has 3 heterocycles. The van der Waals surface area contributed by atoms with Gasteiger partial charge in [-0.3, -0.25) is 0 Å². The van der Waals surface area contributed by atoms with E-state index < -0.39 is 23.0 Å². The van der Waals surface area contributed by atoms with Gasteiger partial charge in [0.15, 0.2) is 34.3 Å². The van der Waals surface area contributed by atoms with Crippen LogP contribution in [0.4, 0.5) is 5.82 Å². The molecule has 14 heteroatoms. The molecule has 1 aromatic rings. The highest BCUT2D eigenvalue weighted by Crippen LogP contribution is 2.44. The SMILES string of the molecule is C=CN=c1c(NCC2CCOC2)nc(Cl)nn1C1CCC(COP(O)CP(O)O)O1. The Kier molecular flexibility index (Phi) is 9.37. The lowest BCUT2D eigenvalue weighted by atomic mass is 10.1. The lowest BCUT2D eigenvalue weighted by Crippen LogP contribution is -2.33. The first-order valence-corrected chi connectivity index (χ1v) is 12.7. The van der Waals surface area contributed by atoms with Crippen LogP contribution in [0, 0.1) is 5.92 Å². The van der Waals surface area contributed by atoms with Crippen LogP contribution in [0.3, 0.4) is 0 Å². The first-order chi connectivity index (χ1) is 14.5. The molecule has 1 aromatic heterocycles. The smallest absolute Gasteiger partial charge is 0.243 e. The van der Waals surface area contributed by atoms with Crippen molar-refractivity contribution < 1.29 is 28.7 Å². The summed E-state index contributed by atoms with van der Waals surface area (Å²) in [5.74, 6) is 0.712. The molecule has 2 aliphatic heterocycles. The van der Waals surface area contributed by atoms with Crippen LogP contribution in [0.1, 0.15) is 25.5 Å². The zero-order valence-corrected chi connectivity index (χ0v) is 18.8. The van der Waals surface area contributed by atoms with Crippen molar-refractivity contribution in [3.8, 4) is 0 Å². The number of hydrogen-bond acceptors (Lipinski definition) is 10. The zero-order chi connectivity index (χ0) is 21.5. The Bertz CT molecular complexity index is 779. The van der Waals surface area contributed by atoms with Crippen molar-refractivity contribution in [2.75, 3.05) is 37.6 Å². The number of rotatable bonds is 10. The summed E-state index contributed by atoms with van der Waals surface area (Å²) >= 11 is 6.15. The fourth-order valence-electron chi connectivity index (χ4n) is 3.23. The number of hydrogen-bond donors (Lipinski definition) is 4. The van der Waals surface area contributed by atoms with Gasteiger partial charge < -0.3 is 34.0 Å². The average molecular weight is 482 g/mol. The lowest BCUT2D eigenvalue weighted by molar-refractivity contribution is -0.0263. The minimum Gasteiger partial charge on any atom is -0.381 e. The third-order valence-corrected chi connectivity index (χ3v) is 7.22. The summed E-state index contributed by atoms with van der Waals surface area (Å²) in [6.45, 7) is 5.95. The van der Waals surface area contributed by atoms with Gasteiger partial charge in [-0.1, -0.05) is 6.58 Å². The summed E-state index contributed by atoms with van der Waals surface area (Å²) in [7, 11) is -4.08. The van der Waals surface area contributed by atoms with Crippen molar-refractivity contribution in [3.63, 3.8) is 0 Å². The molecule has 0 radical (unpaired) electrons. The molecule has 4 atom stereocenters. The van der Waals surface area contributed by atoms with E-state index >= 15 is 0 Å². The molecule has 2 saturated heterocycles. The van der Waals surface area contributed by atoms with E-state index in [0.717, 1.165) is 13.0 Å². The molecule has 0 spiro atoms. The van der Waals surface area contributed by atoms with Crippen molar-refractivity contribution in [2.24, 2.45) is 10.9 Å². The number of nitrogens with zero attached hydrogens (tertiary/aromatic N) is 4.